The fraction of sp³-hybridized carbons (Fsp3) is 0.444. The third-order valence-electron chi connectivity index (χ3n) is 2.19. The number of nitrogens with two attached hydrogens (primary N) is 1. The van der Waals surface area contributed by atoms with Crippen LogP contribution < -0.4 is 5.73 Å². The second-order valence-electron chi connectivity index (χ2n) is 3.27. The van der Waals surface area contributed by atoms with E-state index < -0.39 is 0 Å². The first-order chi connectivity index (χ1) is 7.22. The van der Waals surface area contributed by atoms with Gasteiger partial charge in [0.15, 0.2) is 5.82 Å². The van der Waals surface area contributed by atoms with Gasteiger partial charge in [0.1, 0.15) is 11.3 Å². The Labute approximate surface area is 86.4 Å². The Morgan fingerprint density at radius 2 is 2.27 bits per heavy atom. The first kappa shape index (κ1) is 9.85. The Morgan fingerprint density at radius 1 is 1.47 bits per heavy atom. The van der Waals surface area contributed by atoms with E-state index in [4.69, 9.17) is 14.8 Å². The van der Waals surface area contributed by atoms with Gasteiger partial charge in [-0.2, -0.15) is 4.98 Å². The van der Waals surface area contributed by atoms with Gasteiger partial charge in [-0.25, -0.2) is 0 Å². The van der Waals surface area contributed by atoms with Gasteiger partial charge in [0.05, 0.1) is 12.2 Å². The molecule has 2 aromatic heterocycles. The van der Waals surface area contributed by atoms with Crippen LogP contribution in [0.25, 0.3) is 11.5 Å². The summed E-state index contributed by atoms with van der Waals surface area (Å²) in [6, 6.07) is -0.192. The maximum Gasteiger partial charge on any atom is 0.263 e. The predicted molar refractivity (Wildman–Crippen MR) is 51.8 cm³/mol. The Kier molecular flexibility index (Phi) is 2.51. The molecule has 0 spiro atoms. The third kappa shape index (κ3) is 1.75. The standard InChI is InChI=1S/C9H12N4O2/c1-3-7(10)8-12-9(15-13-8)6-4-11-14-5(6)2/h4,7H,3,10H2,1-2H3. The molecule has 0 fully saturated rings. The maximum absolute atomic E-state index is 5.77. The second kappa shape index (κ2) is 3.82. The highest BCUT2D eigenvalue weighted by Crippen LogP contribution is 2.22. The van der Waals surface area contributed by atoms with Crippen molar-refractivity contribution in [2.24, 2.45) is 5.73 Å². The Balaban J connectivity index is 2.32. The third-order valence-corrected chi connectivity index (χ3v) is 2.19. The van der Waals surface area contributed by atoms with Crippen molar-refractivity contribution in [3.8, 4) is 11.5 Å². The molecule has 0 aromatic carbocycles. The van der Waals surface area contributed by atoms with Crippen molar-refractivity contribution in [3.05, 3.63) is 17.8 Å². The molecule has 0 saturated heterocycles. The van der Waals surface area contributed by atoms with E-state index in [9.17, 15) is 0 Å². The summed E-state index contributed by atoms with van der Waals surface area (Å²) in [4.78, 5) is 4.18. The van der Waals surface area contributed by atoms with Gasteiger partial charge in [0.25, 0.3) is 5.89 Å². The molecule has 6 nitrogen and oxygen atoms in total. The van der Waals surface area contributed by atoms with Gasteiger partial charge >= 0.3 is 0 Å². The minimum atomic E-state index is -0.192. The first-order valence-corrected chi connectivity index (χ1v) is 4.73. The van der Waals surface area contributed by atoms with Crippen molar-refractivity contribution in [2.45, 2.75) is 26.3 Å². The highest BCUT2D eigenvalue weighted by atomic mass is 16.5. The van der Waals surface area contributed by atoms with Crippen molar-refractivity contribution in [1.82, 2.24) is 15.3 Å². The van der Waals surface area contributed by atoms with Crippen molar-refractivity contribution in [1.29, 1.82) is 0 Å². The van der Waals surface area contributed by atoms with E-state index >= 15 is 0 Å². The molecule has 2 aromatic rings. The molecule has 0 bridgehead atoms. The highest BCUT2D eigenvalue weighted by molar-refractivity contribution is 5.53. The summed E-state index contributed by atoms with van der Waals surface area (Å²) in [6.07, 6.45) is 2.31. The number of aryl methyl sites for hydroxylation is 1. The minimum Gasteiger partial charge on any atom is -0.361 e. The smallest absolute Gasteiger partial charge is 0.263 e. The molecule has 80 valence electrons. The molecular weight excluding hydrogens is 196 g/mol. The number of hydrogen-bond donors (Lipinski definition) is 1. The molecule has 0 radical (unpaired) electrons. The summed E-state index contributed by atoms with van der Waals surface area (Å²) >= 11 is 0. The molecular formula is C9H12N4O2. The zero-order valence-electron chi connectivity index (χ0n) is 8.60. The molecule has 0 saturated carbocycles. The summed E-state index contributed by atoms with van der Waals surface area (Å²) in [5.74, 6) is 1.55. The van der Waals surface area contributed by atoms with Gasteiger partial charge < -0.3 is 14.8 Å². The molecule has 2 rings (SSSR count). The largest absolute Gasteiger partial charge is 0.361 e. The average Bonchev–Trinajstić information content (AvgIpc) is 2.84. The Hall–Kier alpha value is -1.69. The van der Waals surface area contributed by atoms with E-state index in [0.717, 1.165) is 6.42 Å². The Morgan fingerprint density at radius 3 is 2.87 bits per heavy atom. The lowest BCUT2D eigenvalue weighted by molar-refractivity contribution is 0.394. The fourth-order valence-electron chi connectivity index (χ4n) is 1.18. The van der Waals surface area contributed by atoms with E-state index in [1.54, 1.807) is 13.1 Å². The van der Waals surface area contributed by atoms with Crippen LogP contribution in [-0.2, 0) is 0 Å². The van der Waals surface area contributed by atoms with Gasteiger partial charge in [-0.3, -0.25) is 0 Å². The van der Waals surface area contributed by atoms with E-state index in [0.29, 0.717) is 23.0 Å². The van der Waals surface area contributed by atoms with Crippen LogP contribution in [0.3, 0.4) is 0 Å². The molecule has 1 unspecified atom stereocenters. The number of hydrogen-bond acceptors (Lipinski definition) is 6. The summed E-state index contributed by atoms with van der Waals surface area (Å²) in [5, 5.41) is 7.44. The van der Waals surface area contributed by atoms with E-state index in [1.807, 2.05) is 6.92 Å². The summed E-state index contributed by atoms with van der Waals surface area (Å²) in [7, 11) is 0. The summed E-state index contributed by atoms with van der Waals surface area (Å²) < 4.78 is 9.98. The van der Waals surface area contributed by atoms with E-state index in [-0.39, 0.29) is 6.04 Å². The minimum absolute atomic E-state index is 0.192. The fourth-order valence-corrected chi connectivity index (χ4v) is 1.18. The van der Waals surface area contributed by atoms with Crippen molar-refractivity contribution in [2.75, 3.05) is 0 Å². The zero-order chi connectivity index (χ0) is 10.8. The number of nitrogens with zero attached hydrogens (tertiary/aromatic N) is 3. The molecule has 0 aliphatic rings. The normalized spacial score (nSPS) is 13.0. The van der Waals surface area contributed by atoms with Crippen molar-refractivity contribution < 1.29 is 9.05 Å². The SMILES string of the molecule is CCC(N)c1noc(-c2cnoc2C)n1. The monoisotopic (exact) mass is 208 g/mol. The van der Waals surface area contributed by atoms with Gasteiger partial charge in [-0.1, -0.05) is 17.2 Å². The zero-order valence-corrected chi connectivity index (χ0v) is 8.60. The predicted octanol–water partition coefficient (Wildman–Crippen LogP) is 1.44. The van der Waals surface area contributed by atoms with Crippen molar-refractivity contribution in [3.63, 3.8) is 0 Å². The lowest BCUT2D eigenvalue weighted by Gasteiger charge is -1.99. The quantitative estimate of drug-likeness (QED) is 0.820. The summed E-state index contributed by atoms with van der Waals surface area (Å²) in [6.45, 7) is 3.75. The molecule has 2 heterocycles. The van der Waals surface area contributed by atoms with Crippen molar-refractivity contribution >= 4 is 0 Å². The molecule has 1 atom stereocenters. The molecule has 6 heteroatoms. The first-order valence-electron chi connectivity index (χ1n) is 4.73. The van der Waals surface area contributed by atoms with Crippen LogP contribution in [0.1, 0.15) is 31.0 Å². The van der Waals surface area contributed by atoms with Crippen LogP contribution in [0, 0.1) is 6.92 Å². The van der Waals surface area contributed by atoms with Crippen LogP contribution in [-0.4, -0.2) is 15.3 Å². The highest BCUT2D eigenvalue weighted by Gasteiger charge is 2.16. The van der Waals surface area contributed by atoms with Crippen LogP contribution in [0.2, 0.25) is 0 Å². The van der Waals surface area contributed by atoms with E-state index in [2.05, 4.69) is 15.3 Å². The summed E-state index contributed by atoms with van der Waals surface area (Å²) in [5.41, 5.74) is 6.48. The van der Waals surface area contributed by atoms with Crippen LogP contribution in [0.4, 0.5) is 0 Å². The van der Waals surface area contributed by atoms with Crippen LogP contribution in [0.5, 0.6) is 0 Å². The van der Waals surface area contributed by atoms with Crippen LogP contribution >= 0.6 is 0 Å². The number of aromatic nitrogens is 3. The van der Waals surface area contributed by atoms with Gasteiger partial charge in [0.2, 0.25) is 0 Å². The molecule has 0 aliphatic carbocycles. The Bertz CT molecular complexity index is 448. The second-order valence-corrected chi connectivity index (χ2v) is 3.27. The molecule has 0 aliphatic heterocycles. The number of rotatable bonds is 3. The molecule has 15 heavy (non-hydrogen) atoms. The topological polar surface area (TPSA) is 91.0 Å². The van der Waals surface area contributed by atoms with E-state index in [1.165, 1.54) is 0 Å². The molecule has 0 amide bonds. The van der Waals surface area contributed by atoms with Gasteiger partial charge in [-0.15, -0.1) is 0 Å². The average molecular weight is 208 g/mol. The van der Waals surface area contributed by atoms with Crippen LogP contribution in [0.15, 0.2) is 15.2 Å². The lowest BCUT2D eigenvalue weighted by atomic mass is 10.2. The van der Waals surface area contributed by atoms with Gasteiger partial charge in [-0.05, 0) is 13.3 Å². The molecule has 2 N–H and O–H groups in total. The maximum atomic E-state index is 5.77. The lowest BCUT2D eigenvalue weighted by Crippen LogP contribution is -2.10. The van der Waals surface area contributed by atoms with Gasteiger partial charge in [0, 0.05) is 0 Å².